The summed E-state index contributed by atoms with van der Waals surface area (Å²) in [4.78, 5) is 13.6. The molecule has 0 bridgehead atoms. The zero-order valence-electron chi connectivity index (χ0n) is 15.0. The van der Waals surface area contributed by atoms with E-state index >= 15 is 0 Å². The molecule has 132 valence electrons. The molecule has 7 heteroatoms. The van der Waals surface area contributed by atoms with Gasteiger partial charge in [0.15, 0.2) is 5.69 Å². The second-order valence-electron chi connectivity index (χ2n) is 5.87. The van der Waals surface area contributed by atoms with Crippen molar-refractivity contribution < 1.29 is 9.53 Å². The number of hydrogen-bond donors (Lipinski definition) is 1. The third kappa shape index (κ3) is 3.19. The van der Waals surface area contributed by atoms with Crippen LogP contribution in [-0.4, -0.2) is 22.8 Å². The summed E-state index contributed by atoms with van der Waals surface area (Å²) < 4.78 is 6.98. The molecule has 0 aliphatic heterocycles. The fourth-order valence-corrected chi connectivity index (χ4v) is 3.58. The van der Waals surface area contributed by atoms with Gasteiger partial charge in [0.25, 0.3) is 5.91 Å². The lowest BCUT2D eigenvalue weighted by Gasteiger charge is -2.09. The second kappa shape index (κ2) is 7.02. The van der Waals surface area contributed by atoms with Crippen LogP contribution < -0.4 is 10.1 Å². The Labute approximate surface area is 155 Å². The Balaban J connectivity index is 1.89. The average molecular weight is 366 g/mol. The molecule has 0 atom stereocenters. The zero-order chi connectivity index (χ0) is 18.8. The molecule has 2 heterocycles. The number of nitriles is 1. The quantitative estimate of drug-likeness (QED) is 0.757. The van der Waals surface area contributed by atoms with Crippen molar-refractivity contribution in [1.29, 1.82) is 5.26 Å². The molecule has 1 N–H and O–H groups in total. The Hall–Kier alpha value is -3.11. The highest BCUT2D eigenvalue weighted by Crippen LogP contribution is 2.32. The van der Waals surface area contributed by atoms with Crippen molar-refractivity contribution in [1.82, 2.24) is 9.78 Å². The summed E-state index contributed by atoms with van der Waals surface area (Å²) in [7, 11) is 1.59. The summed E-state index contributed by atoms with van der Waals surface area (Å²) in [6, 6.07) is 9.53. The number of benzene rings is 1. The highest BCUT2D eigenvalue weighted by atomic mass is 32.1. The molecule has 1 aromatic carbocycles. The van der Waals surface area contributed by atoms with Gasteiger partial charge < -0.3 is 10.1 Å². The van der Waals surface area contributed by atoms with Crippen LogP contribution in [0.25, 0.3) is 5.69 Å². The third-order valence-corrected chi connectivity index (χ3v) is 5.25. The molecule has 1 amide bonds. The molecule has 0 aliphatic rings. The smallest absolute Gasteiger partial charge is 0.276 e. The zero-order valence-corrected chi connectivity index (χ0v) is 15.8. The van der Waals surface area contributed by atoms with Crippen LogP contribution in [-0.2, 0) is 0 Å². The first-order valence-corrected chi connectivity index (χ1v) is 8.78. The molecular formula is C19H18N4O2S. The molecule has 0 spiro atoms. The van der Waals surface area contributed by atoms with E-state index in [-0.39, 0.29) is 11.6 Å². The number of amides is 1. The number of aryl methyl sites for hydroxylation is 2. The highest BCUT2D eigenvalue weighted by molar-refractivity contribution is 7.16. The number of anilines is 1. The SMILES string of the molecule is COc1ccc(C)cc1-n1ccc(C(=O)Nc2sc(C)c(C)c2C#N)n1. The molecule has 0 saturated carbocycles. The van der Waals surface area contributed by atoms with Gasteiger partial charge in [0.1, 0.15) is 22.5 Å². The maximum Gasteiger partial charge on any atom is 0.276 e. The summed E-state index contributed by atoms with van der Waals surface area (Å²) in [6.07, 6.45) is 1.71. The number of carbonyl (C=O) groups excluding carboxylic acids is 1. The number of aromatic nitrogens is 2. The maximum absolute atomic E-state index is 12.5. The Kier molecular flexibility index (Phi) is 4.78. The second-order valence-corrected chi connectivity index (χ2v) is 7.10. The van der Waals surface area contributed by atoms with E-state index in [0.717, 1.165) is 21.7 Å². The molecule has 3 aromatic rings. The molecule has 0 unspecified atom stereocenters. The average Bonchev–Trinajstić information content (AvgIpc) is 3.21. The van der Waals surface area contributed by atoms with E-state index < -0.39 is 0 Å². The van der Waals surface area contributed by atoms with Crippen molar-refractivity contribution in [2.24, 2.45) is 0 Å². The standard InChI is InChI=1S/C19H18N4O2S/c1-11-5-6-17(25-4)16(9-11)23-8-7-15(22-23)18(24)21-19-14(10-20)12(2)13(3)26-19/h5-9H,1-4H3,(H,21,24). The molecule has 0 saturated heterocycles. The minimum Gasteiger partial charge on any atom is -0.494 e. The van der Waals surface area contributed by atoms with Gasteiger partial charge in [-0.05, 0) is 50.1 Å². The summed E-state index contributed by atoms with van der Waals surface area (Å²) in [6.45, 7) is 5.78. The van der Waals surface area contributed by atoms with Crippen LogP contribution in [0.4, 0.5) is 5.00 Å². The monoisotopic (exact) mass is 366 g/mol. The molecule has 6 nitrogen and oxygen atoms in total. The Morgan fingerprint density at radius 3 is 2.77 bits per heavy atom. The number of nitrogens with zero attached hydrogens (tertiary/aromatic N) is 3. The number of nitrogens with one attached hydrogen (secondary N) is 1. The van der Waals surface area contributed by atoms with Crippen LogP contribution in [0, 0.1) is 32.1 Å². The minimum atomic E-state index is -0.354. The Bertz CT molecular complexity index is 1030. The van der Waals surface area contributed by atoms with Crippen molar-refractivity contribution in [2.75, 3.05) is 12.4 Å². The van der Waals surface area contributed by atoms with E-state index in [1.165, 1.54) is 11.3 Å². The van der Waals surface area contributed by atoms with Gasteiger partial charge in [0, 0.05) is 11.1 Å². The normalized spacial score (nSPS) is 10.4. The van der Waals surface area contributed by atoms with E-state index in [1.807, 2.05) is 39.0 Å². The molecule has 0 radical (unpaired) electrons. The summed E-state index contributed by atoms with van der Waals surface area (Å²) in [5, 5.41) is 17.0. The number of ether oxygens (including phenoxy) is 1. The molecule has 26 heavy (non-hydrogen) atoms. The number of methoxy groups -OCH3 is 1. The van der Waals surface area contributed by atoms with E-state index in [1.54, 1.807) is 24.1 Å². The third-order valence-electron chi connectivity index (χ3n) is 4.13. The fourth-order valence-electron chi connectivity index (χ4n) is 2.58. The first kappa shape index (κ1) is 17.7. The van der Waals surface area contributed by atoms with Crippen molar-refractivity contribution in [3.8, 4) is 17.5 Å². The first-order valence-electron chi connectivity index (χ1n) is 7.96. The van der Waals surface area contributed by atoms with E-state index in [4.69, 9.17) is 4.74 Å². The van der Waals surface area contributed by atoms with Gasteiger partial charge in [0.2, 0.25) is 0 Å². The highest BCUT2D eigenvalue weighted by Gasteiger charge is 2.18. The van der Waals surface area contributed by atoms with Crippen molar-refractivity contribution in [3.63, 3.8) is 0 Å². The molecule has 0 fully saturated rings. The Morgan fingerprint density at radius 1 is 1.31 bits per heavy atom. The predicted molar refractivity (Wildman–Crippen MR) is 101 cm³/mol. The number of carbonyl (C=O) groups is 1. The molecule has 0 aliphatic carbocycles. The largest absolute Gasteiger partial charge is 0.494 e. The van der Waals surface area contributed by atoms with E-state index in [2.05, 4.69) is 16.5 Å². The van der Waals surface area contributed by atoms with Gasteiger partial charge in [-0.2, -0.15) is 10.4 Å². The van der Waals surface area contributed by atoms with Crippen LogP contribution in [0.1, 0.15) is 32.1 Å². The van der Waals surface area contributed by atoms with E-state index in [9.17, 15) is 10.1 Å². The van der Waals surface area contributed by atoms with E-state index in [0.29, 0.717) is 16.3 Å². The summed E-state index contributed by atoms with van der Waals surface area (Å²) in [5.41, 5.74) is 3.47. The summed E-state index contributed by atoms with van der Waals surface area (Å²) >= 11 is 1.39. The van der Waals surface area contributed by atoms with Crippen molar-refractivity contribution in [3.05, 3.63) is 57.7 Å². The van der Waals surface area contributed by atoms with Crippen LogP contribution >= 0.6 is 11.3 Å². The molecule has 2 aromatic heterocycles. The predicted octanol–water partition coefficient (Wildman–Crippen LogP) is 3.99. The van der Waals surface area contributed by atoms with Gasteiger partial charge in [-0.1, -0.05) is 6.07 Å². The van der Waals surface area contributed by atoms with Crippen LogP contribution in [0.2, 0.25) is 0 Å². The summed E-state index contributed by atoms with van der Waals surface area (Å²) in [5.74, 6) is 0.315. The van der Waals surface area contributed by atoms with Gasteiger partial charge in [0.05, 0.1) is 12.7 Å². The first-order chi connectivity index (χ1) is 12.4. The lowest BCUT2D eigenvalue weighted by Crippen LogP contribution is -2.13. The Morgan fingerprint density at radius 2 is 2.08 bits per heavy atom. The lowest BCUT2D eigenvalue weighted by molar-refractivity contribution is 0.102. The van der Waals surface area contributed by atoms with Crippen molar-refractivity contribution >= 4 is 22.2 Å². The fraction of sp³-hybridized carbons (Fsp3) is 0.211. The van der Waals surface area contributed by atoms with Crippen molar-refractivity contribution in [2.45, 2.75) is 20.8 Å². The topological polar surface area (TPSA) is 79.9 Å². The van der Waals surface area contributed by atoms with Gasteiger partial charge >= 0.3 is 0 Å². The number of thiophene rings is 1. The van der Waals surface area contributed by atoms with Gasteiger partial charge in [-0.15, -0.1) is 11.3 Å². The maximum atomic E-state index is 12.5. The molecular weight excluding hydrogens is 348 g/mol. The van der Waals surface area contributed by atoms with Crippen LogP contribution in [0.15, 0.2) is 30.5 Å². The van der Waals surface area contributed by atoms with Crippen LogP contribution in [0.3, 0.4) is 0 Å². The number of hydrogen-bond acceptors (Lipinski definition) is 5. The minimum absolute atomic E-state index is 0.265. The molecule has 3 rings (SSSR count). The lowest BCUT2D eigenvalue weighted by atomic mass is 10.2. The van der Waals surface area contributed by atoms with Crippen LogP contribution in [0.5, 0.6) is 5.75 Å². The van der Waals surface area contributed by atoms with Gasteiger partial charge in [-0.3, -0.25) is 4.79 Å². The van der Waals surface area contributed by atoms with Gasteiger partial charge in [-0.25, -0.2) is 4.68 Å². The number of rotatable bonds is 4.